The summed E-state index contributed by atoms with van der Waals surface area (Å²) >= 11 is 0. The van der Waals surface area contributed by atoms with E-state index in [2.05, 4.69) is 0 Å². The molecule has 0 nitrogen and oxygen atoms in total. The van der Waals surface area contributed by atoms with E-state index in [1.165, 1.54) is 70.6 Å². The molecule has 0 aromatic carbocycles. The summed E-state index contributed by atoms with van der Waals surface area (Å²) in [6.07, 6.45) is 26.0. The van der Waals surface area contributed by atoms with Crippen molar-refractivity contribution in [1.29, 1.82) is 0 Å². The Kier molecular flexibility index (Phi) is 7.97. The van der Waals surface area contributed by atoms with Gasteiger partial charge in [-0.2, -0.15) is 0 Å². The van der Waals surface area contributed by atoms with Crippen LogP contribution >= 0.6 is 0 Å². The van der Waals surface area contributed by atoms with Crippen molar-refractivity contribution in [2.24, 2.45) is 11.8 Å². The van der Waals surface area contributed by atoms with Crippen molar-refractivity contribution in [3.63, 3.8) is 0 Å². The molecule has 0 aliphatic heterocycles. The fraction of sp³-hybridized carbons (Fsp3) is 1.00. The average Bonchev–Trinajstić information content (AvgIpc) is 2.45. The van der Waals surface area contributed by atoms with Gasteiger partial charge >= 0.3 is 0 Å². The summed E-state index contributed by atoms with van der Waals surface area (Å²) in [6.45, 7) is 0. The van der Waals surface area contributed by atoms with Crippen LogP contribution in [0.3, 0.4) is 0 Å². The maximum absolute atomic E-state index is 1.56. The average molecular weight is 264 g/mol. The van der Waals surface area contributed by atoms with E-state index in [4.69, 9.17) is 0 Å². The molecule has 3 aliphatic carbocycles. The van der Waals surface area contributed by atoms with Crippen molar-refractivity contribution in [3.05, 3.63) is 0 Å². The molecule has 0 aromatic rings. The molecule has 0 unspecified atom stereocenters. The summed E-state index contributed by atoms with van der Waals surface area (Å²) in [5.74, 6) is 2.21. The summed E-state index contributed by atoms with van der Waals surface area (Å²) < 4.78 is 0. The first-order valence-corrected chi connectivity index (χ1v) is 9.45. The Morgan fingerprint density at radius 1 is 0.263 bits per heavy atom. The zero-order valence-electron chi connectivity index (χ0n) is 13.2. The van der Waals surface area contributed by atoms with Crippen molar-refractivity contribution in [3.8, 4) is 0 Å². The summed E-state index contributed by atoms with van der Waals surface area (Å²) in [4.78, 5) is 0. The van der Waals surface area contributed by atoms with Crippen LogP contribution in [0, 0.1) is 11.8 Å². The topological polar surface area (TPSA) is 0 Å². The highest BCUT2D eigenvalue weighted by atomic mass is 14.3. The van der Waals surface area contributed by atoms with Crippen molar-refractivity contribution in [2.75, 3.05) is 0 Å². The zero-order chi connectivity index (χ0) is 13.2. The lowest BCUT2D eigenvalue weighted by Crippen LogP contribution is -2.14. The minimum atomic E-state index is 1.10. The fourth-order valence-corrected chi connectivity index (χ4v) is 4.27. The van der Waals surface area contributed by atoms with Gasteiger partial charge in [-0.15, -0.1) is 0 Å². The highest BCUT2D eigenvalue weighted by Crippen LogP contribution is 2.34. The SMILES string of the molecule is C1CCCCCCC2CCC(CCCCCC1)CC2. The molecular formula is C19H36. The molecule has 2 bridgehead atoms. The van der Waals surface area contributed by atoms with E-state index in [9.17, 15) is 0 Å². The predicted molar refractivity (Wildman–Crippen MR) is 85.5 cm³/mol. The minimum Gasteiger partial charge on any atom is -0.0533 e. The molecule has 3 saturated carbocycles. The lowest BCUT2D eigenvalue weighted by atomic mass is 9.78. The normalized spacial score (nSPS) is 32.8. The van der Waals surface area contributed by atoms with Crippen LogP contribution in [0.25, 0.3) is 0 Å². The smallest absolute Gasteiger partial charge is 0.0414 e. The van der Waals surface area contributed by atoms with Crippen LogP contribution in [-0.4, -0.2) is 0 Å². The zero-order valence-corrected chi connectivity index (χ0v) is 13.2. The standard InChI is InChI=1S/C19H36/c1-2-4-6-8-10-12-18-14-16-19(17-15-18)13-11-9-7-5-3-1/h18-19H,1-17H2. The van der Waals surface area contributed by atoms with Crippen molar-refractivity contribution in [2.45, 2.75) is 109 Å². The number of fused-ring (bicyclic) bond motifs is 14. The van der Waals surface area contributed by atoms with E-state index in [0.717, 1.165) is 11.8 Å². The number of rotatable bonds is 0. The van der Waals surface area contributed by atoms with E-state index >= 15 is 0 Å². The van der Waals surface area contributed by atoms with Crippen LogP contribution in [0.5, 0.6) is 0 Å². The number of hydrogen-bond donors (Lipinski definition) is 0. The van der Waals surface area contributed by atoms with Gasteiger partial charge in [0.25, 0.3) is 0 Å². The summed E-state index contributed by atoms with van der Waals surface area (Å²) in [7, 11) is 0. The number of hydrogen-bond acceptors (Lipinski definition) is 0. The van der Waals surface area contributed by atoms with Crippen molar-refractivity contribution in [1.82, 2.24) is 0 Å². The Labute approximate surface area is 121 Å². The monoisotopic (exact) mass is 264 g/mol. The first-order valence-electron chi connectivity index (χ1n) is 9.45. The Hall–Kier alpha value is 0. The molecule has 3 aliphatic rings. The van der Waals surface area contributed by atoms with E-state index in [-0.39, 0.29) is 0 Å². The van der Waals surface area contributed by atoms with Gasteiger partial charge in [0.2, 0.25) is 0 Å². The van der Waals surface area contributed by atoms with Crippen LogP contribution in [0.4, 0.5) is 0 Å². The molecule has 0 N–H and O–H groups in total. The third-order valence-corrected chi connectivity index (χ3v) is 5.69. The minimum absolute atomic E-state index is 1.10. The molecule has 0 saturated heterocycles. The first-order chi connectivity index (χ1) is 9.45. The van der Waals surface area contributed by atoms with Crippen LogP contribution in [-0.2, 0) is 0 Å². The third kappa shape index (κ3) is 6.82. The second-order valence-electron chi connectivity index (χ2n) is 7.35. The van der Waals surface area contributed by atoms with Gasteiger partial charge in [-0.3, -0.25) is 0 Å². The Bertz CT molecular complexity index is 173. The van der Waals surface area contributed by atoms with E-state index in [0.29, 0.717) is 0 Å². The molecule has 112 valence electrons. The van der Waals surface area contributed by atoms with Crippen LogP contribution < -0.4 is 0 Å². The van der Waals surface area contributed by atoms with Crippen LogP contribution in [0.15, 0.2) is 0 Å². The van der Waals surface area contributed by atoms with Gasteiger partial charge < -0.3 is 0 Å². The molecule has 19 heavy (non-hydrogen) atoms. The van der Waals surface area contributed by atoms with E-state index < -0.39 is 0 Å². The van der Waals surface area contributed by atoms with Crippen molar-refractivity contribution < 1.29 is 0 Å². The largest absolute Gasteiger partial charge is 0.0533 e. The van der Waals surface area contributed by atoms with E-state index in [1.54, 1.807) is 38.5 Å². The lowest BCUT2D eigenvalue weighted by Gasteiger charge is -2.28. The Morgan fingerprint density at radius 2 is 0.526 bits per heavy atom. The van der Waals surface area contributed by atoms with Gasteiger partial charge in [0.1, 0.15) is 0 Å². The summed E-state index contributed by atoms with van der Waals surface area (Å²) in [6, 6.07) is 0. The van der Waals surface area contributed by atoms with Gasteiger partial charge in [-0.25, -0.2) is 0 Å². The molecule has 0 atom stereocenters. The molecule has 0 amide bonds. The quantitative estimate of drug-likeness (QED) is 0.447. The molecule has 0 aromatic heterocycles. The Morgan fingerprint density at radius 3 is 0.842 bits per heavy atom. The molecule has 0 spiro atoms. The molecule has 0 heteroatoms. The molecule has 3 fully saturated rings. The molecule has 3 rings (SSSR count). The predicted octanol–water partition coefficient (Wildman–Crippen LogP) is 6.88. The van der Waals surface area contributed by atoms with Crippen molar-refractivity contribution >= 4 is 0 Å². The summed E-state index contributed by atoms with van der Waals surface area (Å²) in [5.41, 5.74) is 0. The molecule has 0 radical (unpaired) electrons. The van der Waals surface area contributed by atoms with E-state index in [1.807, 2.05) is 0 Å². The molecular weight excluding hydrogens is 228 g/mol. The first kappa shape index (κ1) is 15.4. The lowest BCUT2D eigenvalue weighted by molar-refractivity contribution is 0.244. The van der Waals surface area contributed by atoms with Gasteiger partial charge in [0.05, 0.1) is 0 Å². The summed E-state index contributed by atoms with van der Waals surface area (Å²) in [5, 5.41) is 0. The Balaban J connectivity index is 1.67. The van der Waals surface area contributed by atoms with Gasteiger partial charge in [-0.05, 0) is 11.8 Å². The highest BCUT2D eigenvalue weighted by Gasteiger charge is 2.20. The fourth-order valence-electron chi connectivity index (χ4n) is 4.27. The van der Waals surface area contributed by atoms with Crippen LogP contribution in [0.1, 0.15) is 109 Å². The highest BCUT2D eigenvalue weighted by molar-refractivity contribution is 4.73. The maximum Gasteiger partial charge on any atom is -0.0414 e. The third-order valence-electron chi connectivity index (χ3n) is 5.69. The molecule has 0 heterocycles. The van der Waals surface area contributed by atoms with Gasteiger partial charge in [-0.1, -0.05) is 109 Å². The van der Waals surface area contributed by atoms with Crippen LogP contribution in [0.2, 0.25) is 0 Å². The second-order valence-corrected chi connectivity index (χ2v) is 7.35. The second kappa shape index (κ2) is 9.83. The van der Waals surface area contributed by atoms with Gasteiger partial charge in [0.15, 0.2) is 0 Å². The van der Waals surface area contributed by atoms with Gasteiger partial charge in [0, 0.05) is 0 Å². The maximum atomic E-state index is 1.56.